The average molecular weight is 420 g/mol. The molecule has 2 aromatic rings. The highest BCUT2D eigenvalue weighted by Gasteiger charge is 2.45. The molecule has 0 bridgehead atoms. The van der Waals surface area contributed by atoms with Gasteiger partial charge in [0.1, 0.15) is 11.6 Å². The largest absolute Gasteiger partial charge is 0.507 e. The molecule has 1 saturated heterocycles. The lowest BCUT2D eigenvalue weighted by atomic mass is 9.95. The number of β-amino-alcohol motifs (C(OH)–C–C–N with tert-alkyl or cyclic N) is 1. The molecule has 0 aromatic heterocycles. The Bertz CT molecular complexity index is 877. The Balaban J connectivity index is 2.17. The third kappa shape index (κ3) is 3.27. The van der Waals surface area contributed by atoms with Crippen LogP contribution in [0.3, 0.4) is 0 Å². The number of hydrogen-bond donors (Lipinski definition) is 2. The molecule has 1 fully saturated rings. The smallest absolute Gasteiger partial charge is 0.295 e. The fourth-order valence-electron chi connectivity index (χ4n) is 2.97. The molecule has 26 heavy (non-hydrogen) atoms. The van der Waals surface area contributed by atoms with Crippen LogP contribution in [0, 0.1) is 5.82 Å². The third-order valence-corrected chi connectivity index (χ3v) is 4.71. The first kappa shape index (κ1) is 18.3. The Morgan fingerprint density at radius 2 is 1.69 bits per heavy atom. The fraction of sp³-hybridized carbons (Fsp3) is 0.158. The topological polar surface area (TPSA) is 77.8 Å². The Kier molecular flexibility index (Phi) is 5.20. The van der Waals surface area contributed by atoms with Crippen LogP contribution in [0.2, 0.25) is 0 Å². The van der Waals surface area contributed by atoms with E-state index < -0.39 is 23.5 Å². The van der Waals surface area contributed by atoms with Crippen molar-refractivity contribution in [3.8, 4) is 0 Å². The van der Waals surface area contributed by atoms with E-state index in [9.17, 15) is 24.2 Å². The van der Waals surface area contributed by atoms with Crippen LogP contribution < -0.4 is 0 Å². The van der Waals surface area contributed by atoms with Crippen molar-refractivity contribution in [3.63, 3.8) is 0 Å². The number of Topliss-reactive ketones (excluding diaryl/α,β-unsaturated/α-hetero) is 1. The van der Waals surface area contributed by atoms with E-state index in [1.165, 1.54) is 29.2 Å². The van der Waals surface area contributed by atoms with Gasteiger partial charge in [0.05, 0.1) is 18.2 Å². The van der Waals surface area contributed by atoms with E-state index in [1.54, 1.807) is 24.3 Å². The summed E-state index contributed by atoms with van der Waals surface area (Å²) < 4.78 is 14.1. The van der Waals surface area contributed by atoms with E-state index >= 15 is 0 Å². The van der Waals surface area contributed by atoms with Crippen molar-refractivity contribution in [2.45, 2.75) is 6.04 Å². The number of nitrogens with zero attached hydrogens (tertiary/aromatic N) is 1. The van der Waals surface area contributed by atoms with Crippen LogP contribution in [0.25, 0.3) is 5.76 Å². The van der Waals surface area contributed by atoms with Crippen LogP contribution in [0.15, 0.2) is 58.6 Å². The predicted octanol–water partition coefficient (Wildman–Crippen LogP) is 3.00. The molecule has 0 aliphatic carbocycles. The first-order valence-electron chi connectivity index (χ1n) is 7.84. The summed E-state index contributed by atoms with van der Waals surface area (Å²) in [6.07, 6.45) is 0. The number of rotatable bonds is 4. The molecule has 1 aliphatic heterocycles. The number of carbonyl (C=O) groups is 2. The Hall–Kier alpha value is -2.51. The Morgan fingerprint density at radius 1 is 1.08 bits per heavy atom. The van der Waals surface area contributed by atoms with E-state index in [0.29, 0.717) is 11.1 Å². The number of hydrogen-bond acceptors (Lipinski definition) is 4. The quantitative estimate of drug-likeness (QED) is 0.453. The van der Waals surface area contributed by atoms with Gasteiger partial charge in [-0.3, -0.25) is 9.59 Å². The maximum atomic E-state index is 13.3. The van der Waals surface area contributed by atoms with Gasteiger partial charge in [-0.15, -0.1) is 0 Å². The second-order valence-electron chi connectivity index (χ2n) is 5.77. The molecular weight excluding hydrogens is 405 g/mol. The molecule has 7 heteroatoms. The number of amides is 1. The molecule has 134 valence electrons. The zero-order chi connectivity index (χ0) is 18.8. The molecule has 5 nitrogen and oxygen atoms in total. The SMILES string of the molecule is O=C1C(=O)N(CCO)[C@@H](c2ccc(F)cc2)C1=C(O)c1ccc(Br)cc1. The van der Waals surface area contributed by atoms with Crippen LogP contribution in [-0.2, 0) is 9.59 Å². The number of carbonyl (C=O) groups excluding carboxylic acids is 2. The van der Waals surface area contributed by atoms with E-state index in [4.69, 9.17) is 0 Å². The number of aliphatic hydroxyl groups is 2. The normalized spacial score (nSPS) is 19.2. The summed E-state index contributed by atoms with van der Waals surface area (Å²) in [5, 5.41) is 20.0. The van der Waals surface area contributed by atoms with Crippen molar-refractivity contribution in [1.82, 2.24) is 4.90 Å². The van der Waals surface area contributed by atoms with Gasteiger partial charge in [-0.25, -0.2) is 4.39 Å². The number of aliphatic hydroxyl groups excluding tert-OH is 2. The van der Waals surface area contributed by atoms with Gasteiger partial charge in [-0.05, 0) is 29.8 Å². The molecular formula is C19H15BrFNO4. The Morgan fingerprint density at radius 3 is 2.27 bits per heavy atom. The van der Waals surface area contributed by atoms with Crippen LogP contribution in [0.4, 0.5) is 4.39 Å². The van der Waals surface area contributed by atoms with E-state index in [0.717, 1.165) is 4.47 Å². The van der Waals surface area contributed by atoms with E-state index in [-0.39, 0.29) is 24.5 Å². The molecule has 0 saturated carbocycles. The number of likely N-dealkylation sites (tertiary alicyclic amines) is 1. The summed E-state index contributed by atoms with van der Waals surface area (Å²) >= 11 is 3.29. The van der Waals surface area contributed by atoms with Crippen LogP contribution in [0.1, 0.15) is 17.2 Å². The van der Waals surface area contributed by atoms with Gasteiger partial charge >= 0.3 is 0 Å². The van der Waals surface area contributed by atoms with Gasteiger partial charge in [-0.2, -0.15) is 0 Å². The maximum Gasteiger partial charge on any atom is 0.295 e. The highest BCUT2D eigenvalue weighted by molar-refractivity contribution is 9.10. The number of halogens is 2. The molecule has 0 radical (unpaired) electrons. The molecule has 2 N–H and O–H groups in total. The molecule has 1 atom stereocenters. The summed E-state index contributed by atoms with van der Waals surface area (Å²) in [5.74, 6) is -2.42. The molecule has 2 aromatic carbocycles. The lowest BCUT2D eigenvalue weighted by molar-refractivity contribution is -0.140. The van der Waals surface area contributed by atoms with Gasteiger partial charge in [0.15, 0.2) is 0 Å². The standard InChI is InChI=1S/C19H15BrFNO4/c20-13-5-1-12(2-6-13)17(24)15-16(11-3-7-14(21)8-4-11)22(9-10-23)19(26)18(15)25/h1-8,16,23-24H,9-10H2/t16-/m0/s1. The van der Waals surface area contributed by atoms with Crippen LogP contribution in [-0.4, -0.2) is 40.0 Å². The fourth-order valence-corrected chi connectivity index (χ4v) is 3.24. The summed E-state index contributed by atoms with van der Waals surface area (Å²) in [6, 6.07) is 11.1. The summed E-state index contributed by atoms with van der Waals surface area (Å²) in [6.45, 7) is -0.424. The molecule has 1 heterocycles. The Labute approximate surface area is 157 Å². The summed E-state index contributed by atoms with van der Waals surface area (Å²) in [4.78, 5) is 26.1. The van der Waals surface area contributed by atoms with Crippen molar-refractivity contribution in [1.29, 1.82) is 0 Å². The van der Waals surface area contributed by atoms with Crippen LogP contribution >= 0.6 is 15.9 Å². The first-order chi connectivity index (χ1) is 12.4. The summed E-state index contributed by atoms with van der Waals surface area (Å²) in [7, 11) is 0. The first-order valence-corrected chi connectivity index (χ1v) is 8.64. The number of benzene rings is 2. The van der Waals surface area contributed by atoms with E-state index in [2.05, 4.69) is 15.9 Å². The molecule has 1 amide bonds. The van der Waals surface area contributed by atoms with Crippen molar-refractivity contribution in [2.24, 2.45) is 0 Å². The molecule has 3 rings (SSSR count). The summed E-state index contributed by atoms with van der Waals surface area (Å²) in [5.41, 5.74) is 0.761. The lowest BCUT2D eigenvalue weighted by Crippen LogP contribution is -2.32. The zero-order valence-electron chi connectivity index (χ0n) is 13.5. The lowest BCUT2D eigenvalue weighted by Gasteiger charge is -2.24. The van der Waals surface area contributed by atoms with Gasteiger partial charge in [0.25, 0.3) is 11.7 Å². The van der Waals surface area contributed by atoms with Crippen LogP contribution in [0.5, 0.6) is 0 Å². The molecule has 0 unspecified atom stereocenters. The second kappa shape index (κ2) is 7.39. The van der Waals surface area contributed by atoms with Crippen molar-refractivity contribution < 1.29 is 24.2 Å². The highest BCUT2D eigenvalue weighted by Crippen LogP contribution is 2.39. The maximum absolute atomic E-state index is 13.3. The van der Waals surface area contributed by atoms with Crippen molar-refractivity contribution >= 4 is 33.4 Å². The van der Waals surface area contributed by atoms with E-state index in [1.807, 2.05) is 0 Å². The zero-order valence-corrected chi connectivity index (χ0v) is 15.1. The van der Waals surface area contributed by atoms with Gasteiger partial charge in [0, 0.05) is 16.6 Å². The molecule has 0 spiro atoms. The van der Waals surface area contributed by atoms with Crippen molar-refractivity contribution in [3.05, 3.63) is 75.5 Å². The molecule has 1 aliphatic rings. The average Bonchev–Trinajstić information content (AvgIpc) is 2.88. The third-order valence-electron chi connectivity index (χ3n) is 4.18. The van der Waals surface area contributed by atoms with Gasteiger partial charge in [0.2, 0.25) is 0 Å². The monoisotopic (exact) mass is 419 g/mol. The van der Waals surface area contributed by atoms with Crippen molar-refractivity contribution in [2.75, 3.05) is 13.2 Å². The van der Waals surface area contributed by atoms with Gasteiger partial charge < -0.3 is 15.1 Å². The van der Waals surface area contributed by atoms with Gasteiger partial charge in [-0.1, -0.05) is 40.2 Å². The minimum Gasteiger partial charge on any atom is -0.507 e. The highest BCUT2D eigenvalue weighted by atomic mass is 79.9. The minimum absolute atomic E-state index is 0.0796. The minimum atomic E-state index is -0.897. The second-order valence-corrected chi connectivity index (χ2v) is 6.69. The number of ketones is 1. The predicted molar refractivity (Wildman–Crippen MR) is 96.6 cm³/mol.